The van der Waals surface area contributed by atoms with Crippen molar-refractivity contribution in [1.29, 1.82) is 0 Å². The van der Waals surface area contributed by atoms with E-state index < -0.39 is 0 Å². The molecule has 2 rings (SSSR count). The van der Waals surface area contributed by atoms with Crippen LogP contribution in [0.15, 0.2) is 24.4 Å². The zero-order valence-corrected chi connectivity index (χ0v) is 13.2. The van der Waals surface area contributed by atoms with Crippen LogP contribution in [-0.4, -0.2) is 42.4 Å². The summed E-state index contributed by atoms with van der Waals surface area (Å²) in [5, 5.41) is 12.8. The Kier molecular flexibility index (Phi) is 6.96. The van der Waals surface area contributed by atoms with Gasteiger partial charge in [-0.3, -0.25) is 0 Å². The van der Waals surface area contributed by atoms with E-state index in [1.54, 1.807) is 0 Å². The van der Waals surface area contributed by atoms with Crippen LogP contribution in [0.25, 0.3) is 0 Å². The van der Waals surface area contributed by atoms with Crippen LogP contribution in [0.2, 0.25) is 0 Å². The quantitative estimate of drug-likeness (QED) is 0.772. The largest absolute Gasteiger partial charge is 0.396 e. The molecule has 0 amide bonds. The van der Waals surface area contributed by atoms with Crippen LogP contribution in [0, 0.1) is 5.92 Å². The fourth-order valence-corrected chi connectivity index (χ4v) is 3.13. The molecular formula is C17H29N3O. The lowest BCUT2D eigenvalue weighted by Gasteiger charge is -2.34. The van der Waals surface area contributed by atoms with Gasteiger partial charge in [0, 0.05) is 31.9 Å². The molecule has 0 spiro atoms. The summed E-state index contributed by atoms with van der Waals surface area (Å²) in [5.41, 5.74) is 0. The van der Waals surface area contributed by atoms with Crippen molar-refractivity contribution in [2.24, 2.45) is 5.92 Å². The summed E-state index contributed by atoms with van der Waals surface area (Å²) in [6.07, 6.45) is 7.55. The summed E-state index contributed by atoms with van der Waals surface area (Å²) in [5.74, 6) is 1.72. The molecule has 0 aliphatic carbocycles. The van der Waals surface area contributed by atoms with Crippen molar-refractivity contribution < 1.29 is 5.11 Å². The molecule has 2 N–H and O–H groups in total. The summed E-state index contributed by atoms with van der Waals surface area (Å²) < 4.78 is 0. The first kappa shape index (κ1) is 16.2. The van der Waals surface area contributed by atoms with Gasteiger partial charge in [0.25, 0.3) is 0 Å². The van der Waals surface area contributed by atoms with Gasteiger partial charge in [0.2, 0.25) is 0 Å². The smallest absolute Gasteiger partial charge is 0.128 e. The summed E-state index contributed by atoms with van der Waals surface area (Å²) in [4.78, 5) is 6.80. The third kappa shape index (κ3) is 5.29. The molecule has 1 aliphatic heterocycles. The van der Waals surface area contributed by atoms with Crippen molar-refractivity contribution in [3.63, 3.8) is 0 Å². The van der Waals surface area contributed by atoms with Gasteiger partial charge in [-0.25, -0.2) is 4.98 Å². The van der Waals surface area contributed by atoms with Gasteiger partial charge in [-0.2, -0.15) is 0 Å². The minimum absolute atomic E-state index is 0.310. The molecule has 118 valence electrons. The van der Waals surface area contributed by atoms with Gasteiger partial charge in [0.1, 0.15) is 5.82 Å². The fourth-order valence-electron chi connectivity index (χ4n) is 3.13. The van der Waals surface area contributed by atoms with Crippen molar-refractivity contribution in [2.75, 3.05) is 31.1 Å². The lowest BCUT2D eigenvalue weighted by molar-refractivity contribution is 0.242. The number of aliphatic hydroxyl groups is 1. The highest BCUT2D eigenvalue weighted by Crippen LogP contribution is 2.18. The minimum Gasteiger partial charge on any atom is -0.396 e. The van der Waals surface area contributed by atoms with Crippen LogP contribution in [0.3, 0.4) is 0 Å². The van der Waals surface area contributed by atoms with Crippen molar-refractivity contribution >= 4 is 5.82 Å². The van der Waals surface area contributed by atoms with Crippen molar-refractivity contribution in [2.45, 2.75) is 45.1 Å². The Labute approximate surface area is 128 Å². The lowest BCUT2D eigenvalue weighted by atomic mass is 9.98. The second-order valence-electron chi connectivity index (χ2n) is 6.02. The average molecular weight is 291 g/mol. The fraction of sp³-hybridized carbons (Fsp3) is 0.706. The van der Waals surface area contributed by atoms with E-state index in [1.807, 2.05) is 12.3 Å². The van der Waals surface area contributed by atoms with E-state index in [2.05, 4.69) is 34.3 Å². The Morgan fingerprint density at radius 1 is 1.33 bits per heavy atom. The molecule has 4 heteroatoms. The molecule has 1 unspecified atom stereocenters. The number of rotatable bonds is 8. The lowest BCUT2D eigenvalue weighted by Crippen LogP contribution is -2.44. The third-order valence-corrected chi connectivity index (χ3v) is 4.40. The van der Waals surface area contributed by atoms with Crippen molar-refractivity contribution in [1.82, 2.24) is 10.3 Å². The van der Waals surface area contributed by atoms with Crippen molar-refractivity contribution in [3.05, 3.63) is 24.4 Å². The Bertz CT molecular complexity index is 371. The topological polar surface area (TPSA) is 48.4 Å². The molecule has 1 fully saturated rings. The summed E-state index contributed by atoms with van der Waals surface area (Å²) >= 11 is 0. The minimum atomic E-state index is 0.310. The number of hydrogen-bond acceptors (Lipinski definition) is 4. The van der Waals surface area contributed by atoms with E-state index in [0.717, 1.165) is 31.9 Å². The molecule has 0 aromatic carbocycles. The Morgan fingerprint density at radius 2 is 2.14 bits per heavy atom. The zero-order chi connectivity index (χ0) is 14.9. The maximum atomic E-state index is 9.12. The number of aromatic nitrogens is 1. The number of nitrogens with zero attached hydrogens (tertiary/aromatic N) is 2. The standard InChI is InChI=1S/C17H29N3O/c1-2-5-15(9-13-21)14-19-16-7-11-20(12-8-16)17-6-3-4-10-18-17/h3-4,6,10,15-16,19,21H,2,5,7-9,11-14H2,1H3. The van der Waals surface area contributed by atoms with Gasteiger partial charge in [-0.1, -0.05) is 19.4 Å². The molecule has 1 saturated heterocycles. The highest BCUT2D eigenvalue weighted by molar-refractivity contribution is 5.38. The second-order valence-corrected chi connectivity index (χ2v) is 6.02. The van der Waals surface area contributed by atoms with Crippen LogP contribution in [0.5, 0.6) is 0 Å². The predicted octanol–water partition coefficient (Wildman–Crippen LogP) is 2.44. The van der Waals surface area contributed by atoms with Gasteiger partial charge >= 0.3 is 0 Å². The van der Waals surface area contributed by atoms with Crippen LogP contribution in [-0.2, 0) is 0 Å². The van der Waals surface area contributed by atoms with Gasteiger partial charge < -0.3 is 15.3 Å². The third-order valence-electron chi connectivity index (χ3n) is 4.40. The SMILES string of the molecule is CCCC(CCO)CNC1CCN(c2ccccn2)CC1. The summed E-state index contributed by atoms with van der Waals surface area (Å²) in [6, 6.07) is 6.72. The van der Waals surface area contributed by atoms with Gasteiger partial charge in [-0.15, -0.1) is 0 Å². The van der Waals surface area contributed by atoms with E-state index in [4.69, 9.17) is 5.11 Å². The summed E-state index contributed by atoms with van der Waals surface area (Å²) in [6.45, 7) is 5.73. The Balaban J connectivity index is 1.71. The normalized spacial score (nSPS) is 17.9. The molecular weight excluding hydrogens is 262 g/mol. The van der Waals surface area contributed by atoms with E-state index in [9.17, 15) is 0 Å². The van der Waals surface area contributed by atoms with Crippen LogP contribution < -0.4 is 10.2 Å². The van der Waals surface area contributed by atoms with Crippen LogP contribution in [0.1, 0.15) is 39.0 Å². The number of piperidine rings is 1. The maximum Gasteiger partial charge on any atom is 0.128 e. The number of hydrogen-bond donors (Lipinski definition) is 2. The molecule has 1 aromatic rings. The van der Waals surface area contributed by atoms with Gasteiger partial charge in [0.05, 0.1) is 0 Å². The first-order valence-electron chi connectivity index (χ1n) is 8.33. The Hall–Kier alpha value is -1.13. The average Bonchev–Trinajstić information content (AvgIpc) is 2.54. The number of aliphatic hydroxyl groups excluding tert-OH is 1. The number of nitrogens with one attached hydrogen (secondary N) is 1. The highest BCUT2D eigenvalue weighted by atomic mass is 16.3. The number of pyridine rings is 1. The molecule has 0 saturated carbocycles. The number of anilines is 1. The molecule has 1 aromatic heterocycles. The van der Waals surface area contributed by atoms with Crippen LogP contribution >= 0.6 is 0 Å². The predicted molar refractivity (Wildman–Crippen MR) is 87.6 cm³/mol. The zero-order valence-electron chi connectivity index (χ0n) is 13.2. The molecule has 2 heterocycles. The van der Waals surface area contributed by atoms with Gasteiger partial charge in [-0.05, 0) is 50.3 Å². The Morgan fingerprint density at radius 3 is 2.76 bits per heavy atom. The molecule has 0 radical (unpaired) electrons. The van der Waals surface area contributed by atoms with E-state index in [0.29, 0.717) is 18.6 Å². The van der Waals surface area contributed by atoms with Gasteiger partial charge in [0.15, 0.2) is 0 Å². The van der Waals surface area contributed by atoms with E-state index in [-0.39, 0.29) is 0 Å². The molecule has 4 nitrogen and oxygen atoms in total. The summed E-state index contributed by atoms with van der Waals surface area (Å²) in [7, 11) is 0. The van der Waals surface area contributed by atoms with Crippen LogP contribution in [0.4, 0.5) is 5.82 Å². The van der Waals surface area contributed by atoms with Crippen molar-refractivity contribution in [3.8, 4) is 0 Å². The maximum absolute atomic E-state index is 9.12. The second kappa shape index (κ2) is 9.00. The first-order valence-corrected chi connectivity index (χ1v) is 8.33. The highest BCUT2D eigenvalue weighted by Gasteiger charge is 2.20. The monoisotopic (exact) mass is 291 g/mol. The van der Waals surface area contributed by atoms with E-state index in [1.165, 1.54) is 25.7 Å². The molecule has 0 bridgehead atoms. The molecule has 1 aliphatic rings. The van der Waals surface area contributed by atoms with E-state index >= 15 is 0 Å². The molecule has 21 heavy (non-hydrogen) atoms. The first-order chi connectivity index (χ1) is 10.3. The molecule has 1 atom stereocenters.